The van der Waals surface area contributed by atoms with E-state index in [4.69, 9.17) is 0 Å². The minimum Gasteiger partial charge on any atom is -0.356 e. The summed E-state index contributed by atoms with van der Waals surface area (Å²) >= 11 is 0. The van der Waals surface area contributed by atoms with E-state index < -0.39 is 10.0 Å². The average Bonchev–Trinajstić information content (AvgIpc) is 2.59. The molecule has 1 heterocycles. The summed E-state index contributed by atoms with van der Waals surface area (Å²) in [4.78, 5) is 23.6. The smallest absolute Gasteiger partial charge is 0.243 e. The topological polar surface area (TPSA) is 83.6 Å². The summed E-state index contributed by atoms with van der Waals surface area (Å²) in [6.07, 6.45) is 1.05. The zero-order valence-corrected chi connectivity index (χ0v) is 15.8. The molecule has 1 N–H and O–H groups in total. The lowest BCUT2D eigenvalue weighted by Crippen LogP contribution is -2.43. The third-order valence-corrected chi connectivity index (χ3v) is 6.32. The van der Waals surface area contributed by atoms with E-state index in [9.17, 15) is 18.0 Å². The first-order valence-corrected chi connectivity index (χ1v) is 10.0. The van der Waals surface area contributed by atoms with Crippen LogP contribution in [0.25, 0.3) is 0 Å². The van der Waals surface area contributed by atoms with Crippen LogP contribution < -0.4 is 5.32 Å². The molecule has 1 aliphatic heterocycles. The number of ketones is 1. The van der Waals surface area contributed by atoms with Gasteiger partial charge in [0.1, 0.15) is 0 Å². The van der Waals surface area contributed by atoms with Crippen LogP contribution in [0.15, 0.2) is 29.2 Å². The molecule has 1 aromatic carbocycles. The van der Waals surface area contributed by atoms with Crippen molar-refractivity contribution < 1.29 is 18.0 Å². The lowest BCUT2D eigenvalue weighted by Gasteiger charge is -2.30. The van der Waals surface area contributed by atoms with Gasteiger partial charge in [-0.05, 0) is 37.8 Å². The summed E-state index contributed by atoms with van der Waals surface area (Å²) in [6.45, 7) is 6.81. The van der Waals surface area contributed by atoms with E-state index in [2.05, 4.69) is 5.32 Å². The minimum absolute atomic E-state index is 0.0107. The van der Waals surface area contributed by atoms with Gasteiger partial charge in [-0.15, -0.1) is 0 Å². The highest BCUT2D eigenvalue weighted by Crippen LogP contribution is 2.24. The maximum atomic E-state index is 12.7. The highest BCUT2D eigenvalue weighted by molar-refractivity contribution is 7.89. The van der Waals surface area contributed by atoms with Gasteiger partial charge in [0.2, 0.25) is 15.9 Å². The number of sulfonamides is 1. The third kappa shape index (κ3) is 4.89. The molecule has 0 aromatic heterocycles. The number of piperidine rings is 1. The van der Waals surface area contributed by atoms with Gasteiger partial charge < -0.3 is 5.32 Å². The van der Waals surface area contributed by atoms with Gasteiger partial charge in [-0.2, -0.15) is 4.31 Å². The Labute approximate surface area is 149 Å². The van der Waals surface area contributed by atoms with Crippen molar-refractivity contribution in [1.82, 2.24) is 9.62 Å². The summed E-state index contributed by atoms with van der Waals surface area (Å²) in [5.41, 5.74) is 0.486. The Morgan fingerprint density at radius 3 is 2.20 bits per heavy atom. The Kier molecular flexibility index (Phi) is 6.35. The van der Waals surface area contributed by atoms with Crippen molar-refractivity contribution in [2.75, 3.05) is 19.6 Å². The van der Waals surface area contributed by atoms with Crippen molar-refractivity contribution in [2.24, 2.45) is 11.8 Å². The number of benzene rings is 1. The number of hydrogen-bond acceptors (Lipinski definition) is 4. The molecule has 1 aliphatic rings. The number of rotatable bonds is 6. The molecule has 0 saturated carbocycles. The van der Waals surface area contributed by atoms with Crippen molar-refractivity contribution in [3.8, 4) is 0 Å². The molecule has 0 unspecified atom stereocenters. The van der Waals surface area contributed by atoms with E-state index in [-0.39, 0.29) is 22.5 Å². The zero-order chi connectivity index (χ0) is 18.6. The molecule has 0 bridgehead atoms. The Morgan fingerprint density at radius 1 is 1.16 bits per heavy atom. The minimum atomic E-state index is -3.59. The fourth-order valence-corrected chi connectivity index (χ4v) is 4.29. The quantitative estimate of drug-likeness (QED) is 0.781. The van der Waals surface area contributed by atoms with E-state index in [0.29, 0.717) is 44.0 Å². The lowest BCUT2D eigenvalue weighted by atomic mass is 9.97. The maximum Gasteiger partial charge on any atom is 0.243 e. The van der Waals surface area contributed by atoms with Gasteiger partial charge in [0.25, 0.3) is 0 Å². The van der Waals surface area contributed by atoms with E-state index in [1.54, 1.807) is 0 Å². The Bertz CT molecular complexity index is 718. The van der Waals surface area contributed by atoms with Crippen LogP contribution >= 0.6 is 0 Å². The van der Waals surface area contributed by atoms with Crippen LogP contribution in [0, 0.1) is 11.8 Å². The molecule has 0 spiro atoms. The predicted octanol–water partition coefficient (Wildman–Crippen LogP) is 2.06. The summed E-state index contributed by atoms with van der Waals surface area (Å²) < 4.78 is 26.8. The first kappa shape index (κ1) is 19.6. The molecule has 0 aliphatic carbocycles. The number of nitrogens with one attached hydrogen (secondary N) is 1. The third-order valence-electron chi connectivity index (χ3n) is 4.41. The van der Waals surface area contributed by atoms with E-state index >= 15 is 0 Å². The molecule has 25 heavy (non-hydrogen) atoms. The first-order chi connectivity index (χ1) is 11.7. The van der Waals surface area contributed by atoms with Crippen molar-refractivity contribution >= 4 is 21.7 Å². The standard InChI is InChI=1S/C18H26N2O4S/c1-13(2)12-19-18(22)16-8-10-20(11-9-16)25(23,24)17-6-4-15(5-7-17)14(3)21/h4-7,13,16H,8-12H2,1-3H3,(H,19,22). The number of Topliss-reactive ketones (excluding diaryl/α,β-unsaturated/α-hetero) is 1. The molecule has 0 atom stereocenters. The molecule has 1 aromatic rings. The summed E-state index contributed by atoms with van der Waals surface area (Å²) in [5.74, 6) is 0.168. The first-order valence-electron chi connectivity index (χ1n) is 8.60. The van der Waals surface area contributed by atoms with E-state index in [0.717, 1.165) is 0 Å². The van der Waals surface area contributed by atoms with Gasteiger partial charge in [0.05, 0.1) is 4.90 Å². The van der Waals surface area contributed by atoms with Crippen molar-refractivity contribution in [1.29, 1.82) is 0 Å². The van der Waals surface area contributed by atoms with Crippen molar-refractivity contribution in [3.05, 3.63) is 29.8 Å². The highest BCUT2D eigenvalue weighted by atomic mass is 32.2. The van der Waals surface area contributed by atoms with Gasteiger partial charge in [0.15, 0.2) is 5.78 Å². The van der Waals surface area contributed by atoms with Gasteiger partial charge in [0, 0.05) is 31.1 Å². The average molecular weight is 366 g/mol. The monoisotopic (exact) mass is 366 g/mol. The molecular formula is C18H26N2O4S. The second-order valence-electron chi connectivity index (χ2n) is 6.90. The maximum absolute atomic E-state index is 12.7. The largest absolute Gasteiger partial charge is 0.356 e. The van der Waals surface area contributed by atoms with Gasteiger partial charge >= 0.3 is 0 Å². The molecular weight excluding hydrogens is 340 g/mol. The van der Waals surface area contributed by atoms with Crippen LogP contribution in [-0.2, 0) is 14.8 Å². The Balaban J connectivity index is 1.99. The van der Waals surface area contributed by atoms with Crippen LogP contribution in [0.5, 0.6) is 0 Å². The molecule has 1 saturated heterocycles. The predicted molar refractivity (Wildman–Crippen MR) is 95.8 cm³/mol. The van der Waals surface area contributed by atoms with Crippen LogP contribution in [0.3, 0.4) is 0 Å². The molecule has 138 valence electrons. The normalized spacial score (nSPS) is 16.8. The second kappa shape index (κ2) is 8.10. The Morgan fingerprint density at radius 2 is 1.72 bits per heavy atom. The number of nitrogens with zero attached hydrogens (tertiary/aromatic N) is 1. The summed E-state index contributed by atoms with van der Waals surface area (Å²) in [6, 6.07) is 5.99. The summed E-state index contributed by atoms with van der Waals surface area (Å²) in [5, 5.41) is 2.92. The van der Waals surface area contributed by atoms with Crippen LogP contribution in [0.2, 0.25) is 0 Å². The van der Waals surface area contributed by atoms with Crippen molar-refractivity contribution in [3.63, 3.8) is 0 Å². The summed E-state index contributed by atoms with van der Waals surface area (Å²) in [7, 11) is -3.59. The molecule has 1 amide bonds. The number of amides is 1. The van der Waals surface area contributed by atoms with Crippen LogP contribution in [0.1, 0.15) is 44.0 Å². The molecule has 0 radical (unpaired) electrons. The number of hydrogen-bond donors (Lipinski definition) is 1. The van der Waals surface area contributed by atoms with E-state index in [1.165, 1.54) is 35.5 Å². The molecule has 7 heteroatoms. The Hall–Kier alpha value is -1.73. The molecule has 1 fully saturated rings. The highest BCUT2D eigenvalue weighted by Gasteiger charge is 2.32. The van der Waals surface area contributed by atoms with Crippen molar-refractivity contribution in [2.45, 2.75) is 38.5 Å². The van der Waals surface area contributed by atoms with Crippen LogP contribution in [0.4, 0.5) is 0 Å². The lowest BCUT2D eigenvalue weighted by molar-refractivity contribution is -0.126. The van der Waals surface area contributed by atoms with Gasteiger partial charge in [-0.25, -0.2) is 8.42 Å². The zero-order valence-electron chi connectivity index (χ0n) is 15.0. The van der Waals surface area contributed by atoms with E-state index in [1.807, 2.05) is 13.8 Å². The second-order valence-corrected chi connectivity index (χ2v) is 8.84. The number of carbonyl (C=O) groups excluding carboxylic acids is 2. The molecule has 6 nitrogen and oxygen atoms in total. The van der Waals surface area contributed by atoms with Gasteiger partial charge in [-0.3, -0.25) is 9.59 Å². The fraction of sp³-hybridized carbons (Fsp3) is 0.556. The number of carbonyl (C=O) groups is 2. The molecule has 2 rings (SSSR count). The fourth-order valence-electron chi connectivity index (χ4n) is 2.82. The van der Waals surface area contributed by atoms with Gasteiger partial charge in [-0.1, -0.05) is 26.0 Å². The SMILES string of the molecule is CC(=O)c1ccc(S(=O)(=O)N2CCC(C(=O)NCC(C)C)CC2)cc1. The van der Waals surface area contributed by atoms with Crippen LogP contribution in [-0.4, -0.2) is 44.0 Å².